The summed E-state index contributed by atoms with van der Waals surface area (Å²) in [6.07, 6.45) is 0.164. The van der Waals surface area contributed by atoms with Crippen LogP contribution in [0.5, 0.6) is 0 Å². The first kappa shape index (κ1) is 15.8. The molecule has 108 valence electrons. The van der Waals surface area contributed by atoms with E-state index in [1.54, 1.807) is 11.8 Å². The summed E-state index contributed by atoms with van der Waals surface area (Å²) in [5.74, 6) is -0.513. The van der Waals surface area contributed by atoms with Gasteiger partial charge in [-0.1, -0.05) is 11.8 Å². The van der Waals surface area contributed by atoms with Crippen LogP contribution in [-0.2, 0) is 9.59 Å². The first-order valence-electron chi connectivity index (χ1n) is 6.26. The van der Waals surface area contributed by atoms with Gasteiger partial charge in [0.1, 0.15) is 5.54 Å². The predicted molar refractivity (Wildman–Crippen MR) is 73.1 cm³/mol. The summed E-state index contributed by atoms with van der Waals surface area (Å²) in [6, 6.07) is 0. The van der Waals surface area contributed by atoms with Crippen LogP contribution in [0.3, 0.4) is 0 Å². The number of hydrogen-bond donors (Lipinski definition) is 1. The molecule has 19 heavy (non-hydrogen) atoms. The second-order valence-corrected chi connectivity index (χ2v) is 5.90. The Balaban J connectivity index is 2.59. The first-order valence-corrected chi connectivity index (χ1v) is 7.24. The minimum absolute atomic E-state index is 0.00616. The molecule has 1 heterocycles. The Hall–Kier alpha value is -1.24. The van der Waals surface area contributed by atoms with Crippen molar-refractivity contribution < 1.29 is 19.5 Å². The molecule has 0 aromatic rings. The van der Waals surface area contributed by atoms with Crippen molar-refractivity contribution in [3.8, 4) is 0 Å². The van der Waals surface area contributed by atoms with Crippen molar-refractivity contribution in [3.63, 3.8) is 0 Å². The number of carbonyl (C=O) groups excluding carboxylic acids is 2. The number of nitrogens with zero attached hydrogens (tertiary/aromatic N) is 2. The smallest absolute Gasteiger partial charge is 0.329 e. The Kier molecular flexibility index (Phi) is 5.22. The number of aliphatic carboxylic acids is 1. The highest BCUT2D eigenvalue weighted by Crippen LogP contribution is 2.19. The fourth-order valence-electron chi connectivity index (χ4n) is 1.99. The van der Waals surface area contributed by atoms with Crippen LogP contribution in [0.4, 0.5) is 4.79 Å². The van der Waals surface area contributed by atoms with Crippen molar-refractivity contribution in [1.29, 1.82) is 0 Å². The van der Waals surface area contributed by atoms with E-state index in [0.29, 0.717) is 19.6 Å². The van der Waals surface area contributed by atoms with E-state index in [0.717, 1.165) is 5.75 Å². The second kappa shape index (κ2) is 6.27. The fourth-order valence-corrected chi connectivity index (χ4v) is 2.84. The summed E-state index contributed by atoms with van der Waals surface area (Å²) >= 11 is 1.25. The van der Waals surface area contributed by atoms with Gasteiger partial charge in [0.25, 0.3) is 5.24 Å². The van der Waals surface area contributed by atoms with Gasteiger partial charge in [0.2, 0.25) is 5.91 Å². The van der Waals surface area contributed by atoms with Crippen molar-refractivity contribution in [3.05, 3.63) is 0 Å². The molecule has 1 saturated heterocycles. The summed E-state index contributed by atoms with van der Waals surface area (Å²) in [6.45, 7) is 6.11. The van der Waals surface area contributed by atoms with Gasteiger partial charge in [-0.05, 0) is 20.8 Å². The van der Waals surface area contributed by atoms with Crippen LogP contribution in [0.1, 0.15) is 27.2 Å². The van der Waals surface area contributed by atoms with Crippen LogP contribution in [-0.4, -0.2) is 62.9 Å². The van der Waals surface area contributed by atoms with Crippen molar-refractivity contribution in [2.24, 2.45) is 0 Å². The van der Waals surface area contributed by atoms with Crippen LogP contribution in [0.15, 0.2) is 0 Å². The summed E-state index contributed by atoms with van der Waals surface area (Å²) in [7, 11) is 0. The van der Waals surface area contributed by atoms with Crippen molar-refractivity contribution in [2.75, 3.05) is 25.4 Å². The average Bonchev–Trinajstić information content (AvgIpc) is 2.72. The molecule has 0 aromatic heterocycles. The maximum Gasteiger partial charge on any atom is 0.329 e. The molecule has 0 atom stereocenters. The zero-order chi connectivity index (χ0) is 14.6. The zero-order valence-electron chi connectivity index (χ0n) is 11.5. The van der Waals surface area contributed by atoms with E-state index >= 15 is 0 Å². The van der Waals surface area contributed by atoms with Gasteiger partial charge >= 0.3 is 5.97 Å². The van der Waals surface area contributed by atoms with E-state index in [1.807, 2.05) is 0 Å². The Morgan fingerprint density at radius 2 is 2.11 bits per heavy atom. The molecule has 6 nitrogen and oxygen atoms in total. The predicted octanol–water partition coefficient (Wildman–Crippen LogP) is 1.26. The molecule has 1 aliphatic heterocycles. The largest absolute Gasteiger partial charge is 0.480 e. The SMILES string of the molecule is CCN(C(=O)CCN1CCSC1=O)C(C)(C)C(=O)O. The number of thioether (sulfide) groups is 1. The Morgan fingerprint density at radius 1 is 1.47 bits per heavy atom. The van der Waals surface area contributed by atoms with Gasteiger partial charge in [-0.25, -0.2) is 4.79 Å². The molecule has 2 amide bonds. The van der Waals surface area contributed by atoms with E-state index in [-0.39, 0.29) is 17.6 Å². The Morgan fingerprint density at radius 3 is 2.53 bits per heavy atom. The highest BCUT2D eigenvalue weighted by atomic mass is 32.2. The van der Waals surface area contributed by atoms with Gasteiger partial charge in [0, 0.05) is 31.8 Å². The van der Waals surface area contributed by atoms with Gasteiger partial charge in [0.15, 0.2) is 0 Å². The molecule has 0 unspecified atom stereocenters. The second-order valence-electron chi connectivity index (χ2n) is 4.85. The molecule has 0 radical (unpaired) electrons. The van der Waals surface area contributed by atoms with Gasteiger partial charge < -0.3 is 14.9 Å². The van der Waals surface area contributed by atoms with Gasteiger partial charge in [-0.15, -0.1) is 0 Å². The molecule has 7 heteroatoms. The van der Waals surface area contributed by atoms with Crippen molar-refractivity contribution >= 4 is 28.9 Å². The third-order valence-corrected chi connectivity index (χ3v) is 4.15. The summed E-state index contributed by atoms with van der Waals surface area (Å²) in [4.78, 5) is 37.6. The van der Waals surface area contributed by atoms with Crippen LogP contribution in [0.25, 0.3) is 0 Å². The molecular weight excluding hydrogens is 268 g/mol. The topological polar surface area (TPSA) is 77.9 Å². The molecule has 0 bridgehead atoms. The third kappa shape index (κ3) is 3.62. The summed E-state index contributed by atoms with van der Waals surface area (Å²) in [5.41, 5.74) is -1.23. The molecule has 1 rings (SSSR count). The van der Waals surface area contributed by atoms with E-state index in [4.69, 9.17) is 5.11 Å². The highest BCUT2D eigenvalue weighted by Gasteiger charge is 2.36. The lowest BCUT2D eigenvalue weighted by molar-refractivity contribution is -0.156. The number of hydrogen-bond acceptors (Lipinski definition) is 4. The summed E-state index contributed by atoms with van der Waals surface area (Å²) < 4.78 is 0. The van der Waals surface area contributed by atoms with Crippen LogP contribution in [0.2, 0.25) is 0 Å². The third-order valence-electron chi connectivity index (χ3n) is 3.26. The Labute approximate surface area is 117 Å². The monoisotopic (exact) mass is 288 g/mol. The van der Waals surface area contributed by atoms with E-state index in [9.17, 15) is 14.4 Å². The number of rotatable bonds is 6. The first-order chi connectivity index (χ1) is 8.80. The molecule has 1 N–H and O–H groups in total. The molecule has 0 spiro atoms. The highest BCUT2D eigenvalue weighted by molar-refractivity contribution is 8.13. The normalized spacial score (nSPS) is 15.7. The van der Waals surface area contributed by atoms with Gasteiger partial charge in [0.05, 0.1) is 0 Å². The lowest BCUT2D eigenvalue weighted by atomic mass is 10.0. The van der Waals surface area contributed by atoms with Crippen molar-refractivity contribution in [2.45, 2.75) is 32.7 Å². The standard InChI is InChI=1S/C12H20N2O4S/c1-4-14(12(2,3)10(16)17)9(15)5-6-13-7-8-19-11(13)18/h4-8H2,1-3H3,(H,16,17). The zero-order valence-corrected chi connectivity index (χ0v) is 12.3. The molecule has 0 aromatic carbocycles. The van der Waals surface area contributed by atoms with E-state index < -0.39 is 11.5 Å². The molecule has 0 saturated carbocycles. The average molecular weight is 288 g/mol. The lowest BCUT2D eigenvalue weighted by Crippen LogP contribution is -2.53. The Bertz CT molecular complexity index is 384. The minimum Gasteiger partial charge on any atom is -0.480 e. The summed E-state index contributed by atoms with van der Waals surface area (Å²) in [5, 5.41) is 9.15. The maximum absolute atomic E-state index is 12.1. The number of likely N-dealkylation sites (N-methyl/N-ethyl adjacent to an activating group) is 1. The lowest BCUT2D eigenvalue weighted by Gasteiger charge is -2.34. The number of carboxylic acids is 1. The van der Waals surface area contributed by atoms with Crippen LogP contribution >= 0.6 is 11.8 Å². The molecular formula is C12H20N2O4S. The molecule has 1 aliphatic rings. The van der Waals surface area contributed by atoms with E-state index in [1.165, 1.54) is 30.5 Å². The quantitative estimate of drug-likeness (QED) is 0.796. The minimum atomic E-state index is -1.23. The molecule has 0 aliphatic carbocycles. The van der Waals surface area contributed by atoms with E-state index in [2.05, 4.69) is 0 Å². The maximum atomic E-state index is 12.1. The van der Waals surface area contributed by atoms with Crippen LogP contribution in [0, 0.1) is 0 Å². The fraction of sp³-hybridized carbons (Fsp3) is 0.750. The van der Waals surface area contributed by atoms with Crippen molar-refractivity contribution in [1.82, 2.24) is 9.80 Å². The number of amides is 2. The van der Waals surface area contributed by atoms with Crippen LogP contribution < -0.4 is 0 Å². The number of carboxylic acid groups (broad SMARTS) is 1. The van der Waals surface area contributed by atoms with Gasteiger partial charge in [-0.3, -0.25) is 9.59 Å². The van der Waals surface area contributed by atoms with Gasteiger partial charge in [-0.2, -0.15) is 0 Å². The molecule has 1 fully saturated rings. The number of carbonyl (C=O) groups is 3.